The molecular formula is C16H32N2O3. The molecule has 0 amide bonds. The second-order valence-electron chi connectivity index (χ2n) is 6.20. The second kappa shape index (κ2) is 8.71. The molecule has 1 saturated heterocycles. The number of hydrogen-bond acceptors (Lipinski definition) is 5. The second-order valence-corrected chi connectivity index (χ2v) is 6.20. The smallest absolute Gasteiger partial charge is 0.326 e. The Morgan fingerprint density at radius 3 is 2.48 bits per heavy atom. The van der Waals surface area contributed by atoms with Crippen LogP contribution in [0.1, 0.15) is 47.5 Å². The van der Waals surface area contributed by atoms with Crippen molar-refractivity contribution >= 4 is 5.97 Å². The predicted molar refractivity (Wildman–Crippen MR) is 84.4 cm³/mol. The van der Waals surface area contributed by atoms with Gasteiger partial charge in [0.25, 0.3) is 0 Å². The summed E-state index contributed by atoms with van der Waals surface area (Å²) in [4.78, 5) is 14.5. The van der Waals surface area contributed by atoms with Gasteiger partial charge >= 0.3 is 5.97 Å². The van der Waals surface area contributed by atoms with E-state index in [2.05, 4.69) is 24.1 Å². The van der Waals surface area contributed by atoms with Gasteiger partial charge in [0.05, 0.1) is 18.8 Å². The number of carbonyl (C=O) groups is 1. The Morgan fingerprint density at radius 2 is 1.95 bits per heavy atom. The van der Waals surface area contributed by atoms with Crippen LogP contribution in [0.3, 0.4) is 0 Å². The van der Waals surface area contributed by atoms with E-state index >= 15 is 0 Å². The molecule has 1 heterocycles. The van der Waals surface area contributed by atoms with Gasteiger partial charge in [-0.25, -0.2) is 0 Å². The number of likely N-dealkylation sites (N-methyl/N-ethyl adjacent to an activating group) is 1. The molecule has 3 atom stereocenters. The zero-order valence-corrected chi connectivity index (χ0v) is 14.3. The van der Waals surface area contributed by atoms with Gasteiger partial charge in [-0.2, -0.15) is 0 Å². The Labute approximate surface area is 129 Å². The van der Waals surface area contributed by atoms with E-state index in [1.807, 2.05) is 20.8 Å². The number of nitrogens with zero attached hydrogens (tertiary/aromatic N) is 1. The minimum atomic E-state index is -0.575. The quantitative estimate of drug-likeness (QED) is 0.693. The van der Waals surface area contributed by atoms with Gasteiger partial charge in [0.1, 0.15) is 5.54 Å². The maximum Gasteiger partial charge on any atom is 0.326 e. The van der Waals surface area contributed by atoms with Crippen molar-refractivity contribution < 1.29 is 14.3 Å². The van der Waals surface area contributed by atoms with E-state index < -0.39 is 5.54 Å². The van der Waals surface area contributed by atoms with E-state index in [1.165, 1.54) is 0 Å². The Morgan fingerprint density at radius 1 is 1.33 bits per heavy atom. The van der Waals surface area contributed by atoms with E-state index in [1.54, 1.807) is 0 Å². The van der Waals surface area contributed by atoms with Crippen molar-refractivity contribution in [2.45, 2.75) is 65.2 Å². The fourth-order valence-corrected chi connectivity index (χ4v) is 3.07. The summed E-state index contributed by atoms with van der Waals surface area (Å²) in [6.07, 6.45) is 2.35. The van der Waals surface area contributed by atoms with E-state index in [9.17, 15) is 4.79 Å². The fraction of sp³-hybridized carbons (Fsp3) is 0.938. The molecule has 1 aliphatic rings. The molecule has 0 aromatic heterocycles. The molecule has 0 saturated carbocycles. The molecule has 3 unspecified atom stereocenters. The standard InChI is InChI=1S/C16H32N2O3/c1-6-17-16(5,15(19)20-7-2)9-8-10-18-11-13(3)21-14(4)12-18/h13-14,17H,6-12H2,1-5H3. The van der Waals surface area contributed by atoms with Crippen LogP contribution in [0.5, 0.6) is 0 Å². The largest absolute Gasteiger partial charge is 0.465 e. The maximum atomic E-state index is 12.1. The van der Waals surface area contributed by atoms with Gasteiger partial charge in [0.2, 0.25) is 0 Å². The Kier molecular flexibility index (Phi) is 7.63. The van der Waals surface area contributed by atoms with Crippen LogP contribution in [0.25, 0.3) is 0 Å². The van der Waals surface area contributed by atoms with Gasteiger partial charge < -0.3 is 14.8 Å². The molecule has 1 rings (SSSR count). The van der Waals surface area contributed by atoms with Gasteiger partial charge in [-0.05, 0) is 53.6 Å². The molecule has 21 heavy (non-hydrogen) atoms. The van der Waals surface area contributed by atoms with Crippen molar-refractivity contribution in [3.63, 3.8) is 0 Å². The third-order valence-electron chi connectivity index (χ3n) is 3.94. The summed E-state index contributed by atoms with van der Waals surface area (Å²) >= 11 is 0. The van der Waals surface area contributed by atoms with Gasteiger partial charge in [-0.1, -0.05) is 6.92 Å². The molecule has 0 aromatic carbocycles. The van der Waals surface area contributed by atoms with Crippen LogP contribution in [-0.4, -0.2) is 61.4 Å². The van der Waals surface area contributed by atoms with Crippen LogP contribution in [0.2, 0.25) is 0 Å². The molecule has 1 fully saturated rings. The highest BCUT2D eigenvalue weighted by Gasteiger charge is 2.33. The highest BCUT2D eigenvalue weighted by molar-refractivity contribution is 5.80. The summed E-state index contributed by atoms with van der Waals surface area (Å²) in [5, 5.41) is 3.28. The van der Waals surface area contributed by atoms with E-state index in [0.29, 0.717) is 18.8 Å². The number of esters is 1. The fourth-order valence-electron chi connectivity index (χ4n) is 3.07. The van der Waals surface area contributed by atoms with Crippen molar-refractivity contribution in [1.29, 1.82) is 0 Å². The van der Waals surface area contributed by atoms with Crippen LogP contribution in [0.15, 0.2) is 0 Å². The lowest BCUT2D eigenvalue weighted by Crippen LogP contribution is -2.51. The molecule has 5 nitrogen and oxygen atoms in total. The first-order valence-electron chi connectivity index (χ1n) is 8.21. The van der Waals surface area contributed by atoms with Crippen molar-refractivity contribution in [2.24, 2.45) is 0 Å². The summed E-state index contributed by atoms with van der Waals surface area (Å²) in [6, 6.07) is 0. The lowest BCUT2D eigenvalue weighted by atomic mass is 9.95. The van der Waals surface area contributed by atoms with Gasteiger partial charge in [-0.15, -0.1) is 0 Å². The number of ether oxygens (including phenoxy) is 2. The van der Waals surface area contributed by atoms with E-state index in [4.69, 9.17) is 9.47 Å². The van der Waals surface area contributed by atoms with Crippen molar-refractivity contribution in [3.05, 3.63) is 0 Å². The normalized spacial score (nSPS) is 26.3. The highest BCUT2D eigenvalue weighted by atomic mass is 16.5. The predicted octanol–water partition coefficient (Wildman–Crippen LogP) is 1.81. The minimum absolute atomic E-state index is 0.143. The minimum Gasteiger partial charge on any atom is -0.465 e. The molecule has 0 aliphatic carbocycles. The third kappa shape index (κ3) is 5.93. The van der Waals surface area contributed by atoms with Gasteiger partial charge in [-0.3, -0.25) is 9.69 Å². The van der Waals surface area contributed by atoms with Crippen molar-refractivity contribution in [3.8, 4) is 0 Å². The van der Waals surface area contributed by atoms with Crippen LogP contribution in [-0.2, 0) is 14.3 Å². The molecule has 0 radical (unpaired) electrons. The molecule has 0 aromatic rings. The summed E-state index contributed by atoms with van der Waals surface area (Å²) < 4.78 is 10.9. The number of hydrogen-bond donors (Lipinski definition) is 1. The Balaban J connectivity index is 2.44. The number of morpholine rings is 1. The molecule has 124 valence electrons. The number of carbonyl (C=O) groups excluding carboxylic acids is 1. The van der Waals surface area contributed by atoms with Crippen LogP contribution >= 0.6 is 0 Å². The highest BCUT2D eigenvalue weighted by Crippen LogP contribution is 2.17. The summed E-state index contributed by atoms with van der Waals surface area (Å²) in [5.41, 5.74) is -0.575. The molecule has 1 N–H and O–H groups in total. The van der Waals surface area contributed by atoms with Crippen molar-refractivity contribution in [1.82, 2.24) is 10.2 Å². The molecule has 5 heteroatoms. The van der Waals surface area contributed by atoms with Crippen LogP contribution in [0, 0.1) is 0 Å². The van der Waals surface area contributed by atoms with Crippen LogP contribution < -0.4 is 5.32 Å². The average Bonchev–Trinajstić information content (AvgIpc) is 2.38. The van der Waals surface area contributed by atoms with Crippen molar-refractivity contribution in [2.75, 3.05) is 32.8 Å². The molecule has 1 aliphatic heterocycles. The third-order valence-corrected chi connectivity index (χ3v) is 3.94. The molecule has 0 bridgehead atoms. The zero-order valence-electron chi connectivity index (χ0n) is 14.3. The summed E-state index contributed by atoms with van der Waals surface area (Å²) in [7, 11) is 0. The topological polar surface area (TPSA) is 50.8 Å². The van der Waals surface area contributed by atoms with E-state index in [-0.39, 0.29) is 5.97 Å². The van der Waals surface area contributed by atoms with E-state index in [0.717, 1.165) is 39.0 Å². The SMILES string of the molecule is CCNC(C)(CCCN1CC(C)OC(C)C1)C(=O)OCC. The first-order chi connectivity index (χ1) is 9.91. The number of nitrogens with one attached hydrogen (secondary N) is 1. The molecule has 0 spiro atoms. The Bertz CT molecular complexity index is 315. The monoisotopic (exact) mass is 300 g/mol. The molecular weight excluding hydrogens is 268 g/mol. The maximum absolute atomic E-state index is 12.1. The summed E-state index contributed by atoms with van der Waals surface area (Å²) in [6.45, 7) is 14.2. The Hall–Kier alpha value is -0.650. The first kappa shape index (κ1) is 18.4. The van der Waals surface area contributed by atoms with Crippen LogP contribution in [0.4, 0.5) is 0 Å². The zero-order chi connectivity index (χ0) is 15.9. The lowest BCUT2D eigenvalue weighted by Gasteiger charge is -2.36. The average molecular weight is 300 g/mol. The number of rotatable bonds is 8. The van der Waals surface area contributed by atoms with Gasteiger partial charge in [0.15, 0.2) is 0 Å². The summed E-state index contributed by atoms with van der Waals surface area (Å²) in [5.74, 6) is -0.143. The van der Waals surface area contributed by atoms with Gasteiger partial charge in [0, 0.05) is 13.1 Å². The lowest BCUT2D eigenvalue weighted by molar-refractivity contribution is -0.151. The first-order valence-corrected chi connectivity index (χ1v) is 8.21.